The number of nitrogens with zero attached hydrogens (tertiary/aromatic N) is 2. The van der Waals surface area contributed by atoms with Crippen molar-refractivity contribution in [1.29, 1.82) is 10.5 Å². The van der Waals surface area contributed by atoms with E-state index in [-0.39, 0.29) is 5.92 Å². The Morgan fingerprint density at radius 3 is 2.14 bits per heavy atom. The first-order valence-corrected chi connectivity index (χ1v) is 4.30. The number of nitriles is 2. The second-order valence-corrected chi connectivity index (χ2v) is 2.91. The molecule has 0 heterocycles. The van der Waals surface area contributed by atoms with Crippen molar-refractivity contribution in [2.24, 2.45) is 5.92 Å². The zero-order valence-electron chi connectivity index (χ0n) is 7.72. The van der Waals surface area contributed by atoms with Crippen molar-refractivity contribution in [3.05, 3.63) is 48.6 Å². The second kappa shape index (κ2) is 4.84. The molecule has 2 nitrogen and oxygen atoms in total. The van der Waals surface area contributed by atoms with Gasteiger partial charge in [-0.25, -0.2) is 0 Å². The van der Waals surface area contributed by atoms with E-state index in [4.69, 9.17) is 10.5 Å². The number of benzene rings is 1. The lowest BCUT2D eigenvalue weighted by Crippen LogP contribution is -2.06. The summed E-state index contributed by atoms with van der Waals surface area (Å²) in [6, 6.07) is 13.4. The number of hydrogen-bond acceptors (Lipinski definition) is 2. The van der Waals surface area contributed by atoms with Crippen molar-refractivity contribution < 1.29 is 0 Å². The molecule has 1 unspecified atom stereocenters. The van der Waals surface area contributed by atoms with Gasteiger partial charge in [-0.2, -0.15) is 10.5 Å². The van der Waals surface area contributed by atoms with Crippen molar-refractivity contribution in [2.75, 3.05) is 0 Å². The zero-order valence-corrected chi connectivity index (χ0v) is 7.72. The Balaban J connectivity index is 3.01. The van der Waals surface area contributed by atoms with E-state index >= 15 is 0 Å². The highest BCUT2D eigenvalue weighted by molar-refractivity contribution is 5.28. The molecule has 0 aliphatic heterocycles. The van der Waals surface area contributed by atoms with Gasteiger partial charge >= 0.3 is 0 Å². The quantitative estimate of drug-likeness (QED) is 0.674. The summed E-state index contributed by atoms with van der Waals surface area (Å²) in [7, 11) is 0. The van der Waals surface area contributed by atoms with E-state index in [0.29, 0.717) is 0 Å². The molecule has 14 heavy (non-hydrogen) atoms. The minimum absolute atomic E-state index is 0.203. The third-order valence-electron chi connectivity index (χ3n) is 2.08. The van der Waals surface area contributed by atoms with E-state index in [2.05, 4.69) is 6.58 Å². The van der Waals surface area contributed by atoms with Gasteiger partial charge in [-0.15, -0.1) is 6.58 Å². The van der Waals surface area contributed by atoms with Crippen LogP contribution in [0.2, 0.25) is 0 Å². The highest BCUT2D eigenvalue weighted by atomic mass is 14.3. The molecule has 0 radical (unpaired) electrons. The normalized spacial score (nSPS) is 11.4. The summed E-state index contributed by atoms with van der Waals surface area (Å²) in [6.07, 6.45) is 1.65. The summed E-state index contributed by atoms with van der Waals surface area (Å²) < 4.78 is 0. The largest absolute Gasteiger partial charge is 0.197 e. The van der Waals surface area contributed by atoms with E-state index < -0.39 is 5.92 Å². The Hall–Kier alpha value is -2.06. The summed E-state index contributed by atoms with van der Waals surface area (Å²) in [6.45, 7) is 3.65. The smallest absolute Gasteiger partial charge is 0.143 e. The van der Waals surface area contributed by atoms with E-state index in [0.717, 1.165) is 5.56 Å². The van der Waals surface area contributed by atoms with Crippen molar-refractivity contribution >= 4 is 0 Å². The molecule has 0 fully saturated rings. The third-order valence-corrected chi connectivity index (χ3v) is 2.08. The van der Waals surface area contributed by atoms with Gasteiger partial charge in [0.25, 0.3) is 0 Å². The molecule has 1 aromatic rings. The topological polar surface area (TPSA) is 47.6 Å². The fourth-order valence-corrected chi connectivity index (χ4v) is 1.33. The summed E-state index contributed by atoms with van der Waals surface area (Å²) in [5, 5.41) is 17.5. The van der Waals surface area contributed by atoms with Gasteiger partial charge in [-0.3, -0.25) is 0 Å². The Morgan fingerprint density at radius 1 is 1.14 bits per heavy atom. The number of allylic oxidation sites excluding steroid dienone is 1. The SMILES string of the molecule is C=CC(c1ccccc1)C(C#N)C#N. The van der Waals surface area contributed by atoms with Gasteiger partial charge in [0, 0.05) is 5.92 Å². The van der Waals surface area contributed by atoms with Crippen LogP contribution in [0.3, 0.4) is 0 Å². The molecule has 0 spiro atoms. The summed E-state index contributed by atoms with van der Waals surface area (Å²) in [5.41, 5.74) is 0.954. The van der Waals surface area contributed by atoms with Crippen molar-refractivity contribution in [2.45, 2.75) is 5.92 Å². The Morgan fingerprint density at radius 2 is 1.71 bits per heavy atom. The van der Waals surface area contributed by atoms with Crippen LogP contribution < -0.4 is 0 Å². The fraction of sp³-hybridized carbons (Fsp3) is 0.167. The highest BCUT2D eigenvalue weighted by Crippen LogP contribution is 2.24. The molecule has 0 aliphatic rings. The molecule has 1 rings (SSSR count). The molecular formula is C12H10N2. The maximum atomic E-state index is 8.77. The number of rotatable bonds is 3. The molecule has 0 amide bonds. The molecule has 0 N–H and O–H groups in total. The van der Waals surface area contributed by atoms with Crippen LogP contribution in [-0.4, -0.2) is 0 Å². The summed E-state index contributed by atoms with van der Waals surface area (Å²) in [5.74, 6) is -0.860. The molecule has 1 atom stereocenters. The van der Waals surface area contributed by atoms with Crippen molar-refractivity contribution in [1.82, 2.24) is 0 Å². The van der Waals surface area contributed by atoms with Gasteiger partial charge in [-0.1, -0.05) is 36.4 Å². The van der Waals surface area contributed by atoms with Crippen LogP contribution in [-0.2, 0) is 0 Å². The maximum absolute atomic E-state index is 8.77. The van der Waals surface area contributed by atoms with E-state index in [1.165, 1.54) is 0 Å². The van der Waals surface area contributed by atoms with Gasteiger partial charge < -0.3 is 0 Å². The molecule has 1 aromatic carbocycles. The van der Waals surface area contributed by atoms with Crippen molar-refractivity contribution in [3.8, 4) is 12.1 Å². The fourth-order valence-electron chi connectivity index (χ4n) is 1.33. The first kappa shape index (κ1) is 10.0. The van der Waals surface area contributed by atoms with Crippen LogP contribution in [0.25, 0.3) is 0 Å². The first-order chi connectivity index (χ1) is 6.83. The van der Waals surface area contributed by atoms with Crippen molar-refractivity contribution in [3.63, 3.8) is 0 Å². The standard InChI is InChI=1S/C12H10N2/c1-2-12(11(8-13)9-14)10-6-4-3-5-7-10/h2-7,11-12H,1H2. The van der Waals surface area contributed by atoms with Gasteiger partial charge in [0.15, 0.2) is 0 Å². The molecular weight excluding hydrogens is 172 g/mol. The van der Waals surface area contributed by atoms with Gasteiger partial charge in [0.2, 0.25) is 0 Å². The van der Waals surface area contributed by atoms with Crippen LogP contribution >= 0.6 is 0 Å². The monoisotopic (exact) mass is 182 g/mol. The minimum atomic E-state index is -0.658. The lowest BCUT2D eigenvalue weighted by molar-refractivity contribution is 0.734. The molecule has 2 heteroatoms. The lowest BCUT2D eigenvalue weighted by Gasteiger charge is -2.12. The summed E-state index contributed by atoms with van der Waals surface area (Å²) >= 11 is 0. The molecule has 0 bridgehead atoms. The van der Waals surface area contributed by atoms with Gasteiger partial charge in [0.1, 0.15) is 5.92 Å². The average Bonchev–Trinajstić information content (AvgIpc) is 2.27. The first-order valence-electron chi connectivity index (χ1n) is 4.30. The Labute approximate surface area is 83.7 Å². The van der Waals surface area contributed by atoms with E-state index in [1.807, 2.05) is 42.5 Å². The highest BCUT2D eigenvalue weighted by Gasteiger charge is 2.18. The van der Waals surface area contributed by atoms with E-state index in [1.54, 1.807) is 6.08 Å². The third kappa shape index (κ3) is 2.00. The van der Waals surface area contributed by atoms with Crippen LogP contribution in [0, 0.1) is 28.6 Å². The second-order valence-electron chi connectivity index (χ2n) is 2.91. The molecule has 0 aromatic heterocycles. The van der Waals surface area contributed by atoms with Crippen LogP contribution in [0.15, 0.2) is 43.0 Å². The predicted octanol–water partition coefficient (Wildman–Crippen LogP) is 2.62. The zero-order chi connectivity index (χ0) is 10.4. The number of hydrogen-bond donors (Lipinski definition) is 0. The van der Waals surface area contributed by atoms with Gasteiger partial charge in [0.05, 0.1) is 12.1 Å². The Bertz CT molecular complexity index is 367. The Kier molecular flexibility index (Phi) is 3.47. The van der Waals surface area contributed by atoms with E-state index in [9.17, 15) is 0 Å². The predicted molar refractivity (Wildman–Crippen MR) is 54.1 cm³/mol. The summed E-state index contributed by atoms with van der Waals surface area (Å²) in [4.78, 5) is 0. The van der Waals surface area contributed by atoms with Crippen LogP contribution in [0.5, 0.6) is 0 Å². The van der Waals surface area contributed by atoms with Crippen LogP contribution in [0.1, 0.15) is 11.5 Å². The average molecular weight is 182 g/mol. The van der Waals surface area contributed by atoms with Crippen LogP contribution in [0.4, 0.5) is 0 Å². The molecule has 0 saturated carbocycles. The molecule has 0 saturated heterocycles. The molecule has 68 valence electrons. The molecule has 0 aliphatic carbocycles. The lowest BCUT2D eigenvalue weighted by atomic mass is 9.88. The van der Waals surface area contributed by atoms with Gasteiger partial charge in [-0.05, 0) is 5.56 Å². The maximum Gasteiger partial charge on any atom is 0.143 e. The minimum Gasteiger partial charge on any atom is -0.197 e.